The molecular formula is C7H12IN3. The van der Waals surface area contributed by atoms with Gasteiger partial charge in [-0.15, -0.1) is 0 Å². The molecule has 0 unspecified atom stereocenters. The zero-order valence-corrected chi connectivity index (χ0v) is 8.71. The van der Waals surface area contributed by atoms with Crippen LogP contribution in [0, 0.1) is 0 Å². The summed E-state index contributed by atoms with van der Waals surface area (Å²) in [6.45, 7) is 1.99. The Morgan fingerprint density at radius 1 is 1.73 bits per heavy atom. The molecule has 0 aromatic carbocycles. The number of aryl methyl sites for hydroxylation is 1. The molecule has 1 aromatic rings. The molecule has 62 valence electrons. The van der Waals surface area contributed by atoms with E-state index in [1.54, 1.807) is 0 Å². The van der Waals surface area contributed by atoms with Crippen LogP contribution >= 0.6 is 22.6 Å². The fourth-order valence-electron chi connectivity index (χ4n) is 0.863. The molecule has 1 N–H and O–H groups in total. The van der Waals surface area contributed by atoms with Crippen molar-refractivity contribution in [2.24, 2.45) is 7.05 Å². The first-order valence-corrected chi connectivity index (χ1v) is 5.09. The summed E-state index contributed by atoms with van der Waals surface area (Å²) in [6.07, 6.45) is 3.92. The number of nitrogens with one attached hydrogen (secondary N) is 1. The quantitative estimate of drug-likeness (QED) is 0.499. The van der Waals surface area contributed by atoms with Crippen LogP contribution in [0.3, 0.4) is 0 Å². The van der Waals surface area contributed by atoms with Crippen LogP contribution in [0.15, 0.2) is 12.4 Å². The lowest BCUT2D eigenvalue weighted by atomic mass is 10.4. The third-order valence-electron chi connectivity index (χ3n) is 1.36. The van der Waals surface area contributed by atoms with Crippen molar-refractivity contribution in [3.63, 3.8) is 0 Å². The lowest BCUT2D eigenvalue weighted by Gasteiger charge is -1.97. The molecular weight excluding hydrogens is 253 g/mol. The van der Waals surface area contributed by atoms with Crippen LogP contribution < -0.4 is 5.32 Å². The predicted octanol–water partition coefficient (Wildman–Crippen LogP) is 0.945. The molecule has 0 radical (unpaired) electrons. The second kappa shape index (κ2) is 4.71. The van der Waals surface area contributed by atoms with Crippen LogP contribution in [0.4, 0.5) is 0 Å². The van der Waals surface area contributed by atoms with E-state index in [0.717, 1.165) is 17.5 Å². The van der Waals surface area contributed by atoms with Gasteiger partial charge in [0.05, 0.1) is 6.20 Å². The van der Waals surface area contributed by atoms with Crippen molar-refractivity contribution in [3.8, 4) is 0 Å². The predicted molar refractivity (Wildman–Crippen MR) is 53.8 cm³/mol. The molecule has 0 amide bonds. The monoisotopic (exact) mass is 265 g/mol. The second-order valence-corrected chi connectivity index (χ2v) is 3.47. The molecule has 1 aromatic heterocycles. The Morgan fingerprint density at radius 3 is 3.09 bits per heavy atom. The molecule has 0 aliphatic rings. The Labute approximate surface area is 80.3 Å². The van der Waals surface area contributed by atoms with Gasteiger partial charge in [-0.25, -0.2) is 0 Å². The SMILES string of the molecule is Cn1cc(CNCCI)cn1. The van der Waals surface area contributed by atoms with Crippen molar-refractivity contribution >= 4 is 22.6 Å². The Hall–Kier alpha value is -0.100. The second-order valence-electron chi connectivity index (χ2n) is 2.39. The van der Waals surface area contributed by atoms with Crippen LogP contribution in [0.5, 0.6) is 0 Å². The molecule has 1 heterocycles. The number of halogens is 1. The van der Waals surface area contributed by atoms with Crippen LogP contribution in [0.2, 0.25) is 0 Å². The Kier molecular flexibility index (Phi) is 3.85. The highest BCUT2D eigenvalue weighted by atomic mass is 127. The molecule has 0 aliphatic heterocycles. The van der Waals surface area contributed by atoms with E-state index < -0.39 is 0 Å². The van der Waals surface area contributed by atoms with Crippen molar-refractivity contribution in [1.29, 1.82) is 0 Å². The summed E-state index contributed by atoms with van der Waals surface area (Å²) in [5, 5.41) is 7.37. The van der Waals surface area contributed by atoms with E-state index in [-0.39, 0.29) is 0 Å². The number of alkyl halides is 1. The summed E-state index contributed by atoms with van der Waals surface area (Å²) in [5.74, 6) is 0. The minimum Gasteiger partial charge on any atom is -0.312 e. The van der Waals surface area contributed by atoms with E-state index in [9.17, 15) is 0 Å². The van der Waals surface area contributed by atoms with Crippen LogP contribution in [0.25, 0.3) is 0 Å². The maximum Gasteiger partial charge on any atom is 0.0534 e. The lowest BCUT2D eigenvalue weighted by Crippen LogP contribution is -2.14. The molecule has 1 rings (SSSR count). The first kappa shape index (κ1) is 8.99. The highest BCUT2D eigenvalue weighted by Gasteiger charge is 1.93. The maximum atomic E-state index is 4.07. The largest absolute Gasteiger partial charge is 0.312 e. The van der Waals surface area contributed by atoms with Crippen LogP contribution in [-0.4, -0.2) is 20.8 Å². The number of nitrogens with zero attached hydrogens (tertiary/aromatic N) is 2. The highest BCUT2D eigenvalue weighted by molar-refractivity contribution is 14.1. The van der Waals surface area contributed by atoms with E-state index in [1.807, 2.05) is 24.1 Å². The van der Waals surface area contributed by atoms with Gasteiger partial charge in [0.25, 0.3) is 0 Å². The Balaban J connectivity index is 2.27. The van der Waals surface area contributed by atoms with E-state index >= 15 is 0 Å². The number of rotatable bonds is 4. The third-order valence-corrected chi connectivity index (χ3v) is 1.90. The maximum absolute atomic E-state index is 4.07. The minimum atomic E-state index is 0.927. The Bertz CT molecular complexity index is 209. The van der Waals surface area contributed by atoms with Gasteiger partial charge in [-0.3, -0.25) is 4.68 Å². The standard InChI is InChI=1S/C7H12IN3/c1-11-6-7(5-10-11)4-9-3-2-8/h5-6,9H,2-4H2,1H3. The third kappa shape index (κ3) is 3.20. The van der Waals surface area contributed by atoms with Gasteiger partial charge in [0.1, 0.15) is 0 Å². The van der Waals surface area contributed by atoms with Crippen molar-refractivity contribution in [3.05, 3.63) is 18.0 Å². The summed E-state index contributed by atoms with van der Waals surface area (Å²) >= 11 is 2.35. The fraction of sp³-hybridized carbons (Fsp3) is 0.571. The van der Waals surface area contributed by atoms with Crippen LogP contribution in [-0.2, 0) is 13.6 Å². The van der Waals surface area contributed by atoms with E-state index in [1.165, 1.54) is 5.56 Å². The topological polar surface area (TPSA) is 29.9 Å². The number of hydrogen-bond acceptors (Lipinski definition) is 2. The Morgan fingerprint density at radius 2 is 2.55 bits per heavy atom. The average Bonchev–Trinajstić information content (AvgIpc) is 2.37. The van der Waals surface area contributed by atoms with Gasteiger partial charge in [0.15, 0.2) is 0 Å². The molecule has 0 saturated heterocycles. The molecule has 0 spiro atoms. The molecule has 0 atom stereocenters. The normalized spacial score (nSPS) is 10.4. The van der Waals surface area contributed by atoms with Crippen molar-refractivity contribution in [1.82, 2.24) is 15.1 Å². The molecule has 11 heavy (non-hydrogen) atoms. The smallest absolute Gasteiger partial charge is 0.0534 e. The van der Waals surface area contributed by atoms with Gasteiger partial charge in [-0.05, 0) is 0 Å². The van der Waals surface area contributed by atoms with Crippen molar-refractivity contribution in [2.75, 3.05) is 11.0 Å². The lowest BCUT2D eigenvalue weighted by molar-refractivity contribution is 0.732. The fourth-order valence-corrected chi connectivity index (χ4v) is 1.24. The first-order valence-electron chi connectivity index (χ1n) is 3.57. The molecule has 0 saturated carbocycles. The molecule has 0 bridgehead atoms. The van der Waals surface area contributed by atoms with Gasteiger partial charge in [-0.2, -0.15) is 5.10 Å². The molecule has 0 aliphatic carbocycles. The average molecular weight is 265 g/mol. The number of hydrogen-bond donors (Lipinski definition) is 1. The number of aromatic nitrogens is 2. The minimum absolute atomic E-state index is 0.927. The highest BCUT2D eigenvalue weighted by Crippen LogP contribution is 1.94. The van der Waals surface area contributed by atoms with Crippen LogP contribution in [0.1, 0.15) is 5.56 Å². The summed E-state index contributed by atoms with van der Waals surface area (Å²) in [6, 6.07) is 0. The van der Waals surface area contributed by atoms with Gasteiger partial charge in [0.2, 0.25) is 0 Å². The summed E-state index contributed by atoms with van der Waals surface area (Å²) < 4.78 is 2.97. The van der Waals surface area contributed by atoms with Crippen molar-refractivity contribution < 1.29 is 0 Å². The summed E-state index contributed by atoms with van der Waals surface area (Å²) in [5.41, 5.74) is 1.25. The van der Waals surface area contributed by atoms with Gasteiger partial charge < -0.3 is 5.32 Å². The van der Waals surface area contributed by atoms with Gasteiger partial charge in [0, 0.05) is 36.3 Å². The first-order chi connectivity index (χ1) is 5.33. The molecule has 4 heteroatoms. The van der Waals surface area contributed by atoms with Gasteiger partial charge >= 0.3 is 0 Å². The zero-order chi connectivity index (χ0) is 8.10. The summed E-state index contributed by atoms with van der Waals surface area (Å²) in [7, 11) is 1.93. The van der Waals surface area contributed by atoms with E-state index in [0.29, 0.717) is 0 Å². The molecule has 0 fully saturated rings. The zero-order valence-electron chi connectivity index (χ0n) is 6.55. The van der Waals surface area contributed by atoms with E-state index in [2.05, 4.69) is 33.0 Å². The summed E-state index contributed by atoms with van der Waals surface area (Å²) in [4.78, 5) is 0. The molecule has 3 nitrogen and oxygen atoms in total. The van der Waals surface area contributed by atoms with Gasteiger partial charge in [-0.1, -0.05) is 22.6 Å². The van der Waals surface area contributed by atoms with Crippen molar-refractivity contribution in [2.45, 2.75) is 6.54 Å². The van der Waals surface area contributed by atoms with E-state index in [4.69, 9.17) is 0 Å².